The highest BCUT2D eigenvalue weighted by atomic mass is 19.1. The molecule has 1 aliphatic heterocycles. The van der Waals surface area contributed by atoms with E-state index in [9.17, 15) is 19.1 Å². The molecule has 1 aliphatic rings. The molecule has 120 valence electrons. The molecule has 3 unspecified atom stereocenters. The Morgan fingerprint density at radius 3 is 2.73 bits per heavy atom. The number of halogens is 1. The Morgan fingerprint density at radius 2 is 2.09 bits per heavy atom. The van der Waals surface area contributed by atoms with Crippen LogP contribution >= 0.6 is 0 Å². The Kier molecular flexibility index (Phi) is 5.16. The van der Waals surface area contributed by atoms with Crippen molar-refractivity contribution in [3.63, 3.8) is 0 Å². The molecule has 0 spiro atoms. The van der Waals surface area contributed by atoms with Crippen molar-refractivity contribution >= 4 is 11.9 Å². The van der Waals surface area contributed by atoms with E-state index in [1.165, 1.54) is 11.0 Å². The van der Waals surface area contributed by atoms with Gasteiger partial charge in [-0.15, -0.1) is 0 Å². The van der Waals surface area contributed by atoms with Crippen LogP contribution in [0.15, 0.2) is 24.3 Å². The molecule has 0 aromatic heterocycles. The molecule has 0 bridgehead atoms. The van der Waals surface area contributed by atoms with Gasteiger partial charge in [-0.3, -0.25) is 4.79 Å². The van der Waals surface area contributed by atoms with Crippen molar-refractivity contribution in [2.24, 2.45) is 5.92 Å². The molecule has 1 amide bonds. The van der Waals surface area contributed by atoms with Crippen molar-refractivity contribution in [1.29, 1.82) is 0 Å². The summed E-state index contributed by atoms with van der Waals surface area (Å²) >= 11 is 0. The zero-order valence-corrected chi connectivity index (χ0v) is 13.0. The van der Waals surface area contributed by atoms with Gasteiger partial charge in [-0.2, -0.15) is 0 Å². The van der Waals surface area contributed by atoms with Crippen molar-refractivity contribution < 1.29 is 19.1 Å². The fourth-order valence-corrected chi connectivity index (χ4v) is 3.04. The van der Waals surface area contributed by atoms with E-state index >= 15 is 0 Å². The molecular weight excluding hydrogens is 285 g/mol. The standard InChI is InChI=1S/C17H22FNO3/c1-11-7-8-19(15(9-11)17(21)22)16(20)10-12(2)13-5-3-4-6-14(13)18/h3-6,11-12,15H,7-10H2,1-2H3,(H,21,22). The molecule has 4 nitrogen and oxygen atoms in total. The van der Waals surface area contributed by atoms with Crippen LogP contribution in [-0.4, -0.2) is 34.5 Å². The Bertz CT molecular complexity index is 561. The number of likely N-dealkylation sites (tertiary alicyclic amines) is 1. The molecule has 3 atom stereocenters. The molecule has 2 rings (SSSR count). The molecule has 0 radical (unpaired) electrons. The second-order valence-corrected chi connectivity index (χ2v) is 6.20. The highest BCUT2D eigenvalue weighted by Crippen LogP contribution is 2.27. The second-order valence-electron chi connectivity index (χ2n) is 6.20. The van der Waals surface area contributed by atoms with Gasteiger partial charge in [-0.05, 0) is 36.3 Å². The van der Waals surface area contributed by atoms with Crippen molar-refractivity contribution in [3.8, 4) is 0 Å². The summed E-state index contributed by atoms with van der Waals surface area (Å²) < 4.78 is 13.8. The van der Waals surface area contributed by atoms with Crippen LogP contribution in [0.2, 0.25) is 0 Å². The summed E-state index contributed by atoms with van der Waals surface area (Å²) in [7, 11) is 0. The van der Waals surface area contributed by atoms with E-state index in [0.29, 0.717) is 24.4 Å². The highest BCUT2D eigenvalue weighted by Gasteiger charge is 2.35. The number of carbonyl (C=O) groups excluding carboxylic acids is 1. The first-order valence-corrected chi connectivity index (χ1v) is 7.66. The monoisotopic (exact) mass is 307 g/mol. The predicted octanol–water partition coefficient (Wildman–Crippen LogP) is 3.03. The summed E-state index contributed by atoms with van der Waals surface area (Å²) in [4.78, 5) is 25.3. The molecule has 0 saturated carbocycles. The zero-order chi connectivity index (χ0) is 16.3. The lowest BCUT2D eigenvalue weighted by molar-refractivity contribution is -0.153. The average molecular weight is 307 g/mol. The van der Waals surface area contributed by atoms with E-state index < -0.39 is 12.0 Å². The number of rotatable bonds is 4. The number of carbonyl (C=O) groups is 2. The van der Waals surface area contributed by atoms with E-state index in [4.69, 9.17) is 0 Å². The zero-order valence-electron chi connectivity index (χ0n) is 13.0. The van der Waals surface area contributed by atoms with E-state index in [1.54, 1.807) is 25.1 Å². The van der Waals surface area contributed by atoms with Gasteiger partial charge in [0.15, 0.2) is 0 Å². The van der Waals surface area contributed by atoms with Crippen LogP contribution in [0, 0.1) is 11.7 Å². The van der Waals surface area contributed by atoms with Gasteiger partial charge in [0.2, 0.25) is 5.91 Å². The number of carboxylic acids is 1. The van der Waals surface area contributed by atoms with Gasteiger partial charge in [0.25, 0.3) is 0 Å². The van der Waals surface area contributed by atoms with Gasteiger partial charge < -0.3 is 10.0 Å². The number of piperidine rings is 1. The topological polar surface area (TPSA) is 57.6 Å². The normalized spacial score (nSPS) is 23.1. The number of hydrogen-bond donors (Lipinski definition) is 1. The first-order chi connectivity index (χ1) is 10.4. The summed E-state index contributed by atoms with van der Waals surface area (Å²) in [5.41, 5.74) is 0.494. The SMILES string of the molecule is CC1CCN(C(=O)CC(C)c2ccccc2F)C(C(=O)O)C1. The lowest BCUT2D eigenvalue weighted by Crippen LogP contribution is -2.50. The fraction of sp³-hybridized carbons (Fsp3) is 0.529. The third-order valence-electron chi connectivity index (χ3n) is 4.39. The number of benzene rings is 1. The quantitative estimate of drug-likeness (QED) is 0.930. The van der Waals surface area contributed by atoms with E-state index in [-0.39, 0.29) is 24.1 Å². The van der Waals surface area contributed by atoms with Crippen LogP contribution in [0.3, 0.4) is 0 Å². The molecule has 1 heterocycles. The van der Waals surface area contributed by atoms with E-state index in [2.05, 4.69) is 0 Å². The predicted molar refractivity (Wildman–Crippen MR) is 81.0 cm³/mol. The van der Waals surface area contributed by atoms with Crippen LogP contribution in [0.1, 0.15) is 44.6 Å². The molecule has 22 heavy (non-hydrogen) atoms. The van der Waals surface area contributed by atoms with Gasteiger partial charge in [0.1, 0.15) is 11.9 Å². The van der Waals surface area contributed by atoms with E-state index in [0.717, 1.165) is 6.42 Å². The van der Waals surface area contributed by atoms with Crippen molar-refractivity contribution in [2.75, 3.05) is 6.54 Å². The van der Waals surface area contributed by atoms with Gasteiger partial charge in [0, 0.05) is 13.0 Å². The molecule has 1 aromatic carbocycles. The summed E-state index contributed by atoms with van der Waals surface area (Å²) in [5, 5.41) is 9.32. The summed E-state index contributed by atoms with van der Waals surface area (Å²) in [6.45, 7) is 4.25. The van der Waals surface area contributed by atoms with Crippen LogP contribution < -0.4 is 0 Å². The first kappa shape index (κ1) is 16.5. The van der Waals surface area contributed by atoms with Gasteiger partial charge in [-0.25, -0.2) is 9.18 Å². The Morgan fingerprint density at radius 1 is 1.41 bits per heavy atom. The van der Waals surface area contributed by atoms with Crippen LogP contribution in [0.25, 0.3) is 0 Å². The largest absolute Gasteiger partial charge is 0.480 e. The lowest BCUT2D eigenvalue weighted by Gasteiger charge is -2.36. The molecule has 1 fully saturated rings. The Hall–Kier alpha value is -1.91. The van der Waals surface area contributed by atoms with Gasteiger partial charge in [-0.1, -0.05) is 32.0 Å². The molecular formula is C17H22FNO3. The highest BCUT2D eigenvalue weighted by molar-refractivity contribution is 5.84. The Labute approximate surface area is 129 Å². The number of carboxylic acid groups (broad SMARTS) is 1. The Balaban J connectivity index is 2.07. The molecule has 0 aliphatic carbocycles. The van der Waals surface area contributed by atoms with Gasteiger partial charge >= 0.3 is 5.97 Å². The third kappa shape index (κ3) is 3.64. The van der Waals surface area contributed by atoms with Crippen LogP contribution in [0.4, 0.5) is 4.39 Å². The van der Waals surface area contributed by atoms with Gasteiger partial charge in [0.05, 0.1) is 0 Å². The number of nitrogens with zero attached hydrogens (tertiary/aromatic N) is 1. The molecule has 1 aromatic rings. The third-order valence-corrected chi connectivity index (χ3v) is 4.39. The molecule has 5 heteroatoms. The number of hydrogen-bond acceptors (Lipinski definition) is 2. The maximum absolute atomic E-state index is 13.8. The first-order valence-electron chi connectivity index (χ1n) is 7.66. The maximum atomic E-state index is 13.8. The number of amides is 1. The van der Waals surface area contributed by atoms with E-state index in [1.807, 2.05) is 6.92 Å². The smallest absolute Gasteiger partial charge is 0.326 e. The van der Waals surface area contributed by atoms with Crippen molar-refractivity contribution in [3.05, 3.63) is 35.6 Å². The molecule has 1 saturated heterocycles. The summed E-state index contributed by atoms with van der Waals surface area (Å²) in [6, 6.07) is 5.63. The van der Waals surface area contributed by atoms with Crippen LogP contribution in [-0.2, 0) is 9.59 Å². The fourth-order valence-electron chi connectivity index (χ4n) is 3.04. The van der Waals surface area contributed by atoms with Crippen molar-refractivity contribution in [2.45, 2.75) is 45.1 Å². The maximum Gasteiger partial charge on any atom is 0.326 e. The minimum absolute atomic E-state index is 0.124. The van der Waals surface area contributed by atoms with Crippen molar-refractivity contribution in [1.82, 2.24) is 4.90 Å². The summed E-state index contributed by atoms with van der Waals surface area (Å²) in [6.07, 6.45) is 1.41. The van der Waals surface area contributed by atoms with Crippen LogP contribution in [0.5, 0.6) is 0 Å². The average Bonchev–Trinajstić information content (AvgIpc) is 2.47. The summed E-state index contributed by atoms with van der Waals surface area (Å²) in [5.74, 6) is -1.48. The minimum Gasteiger partial charge on any atom is -0.480 e. The number of aliphatic carboxylic acids is 1. The lowest BCUT2D eigenvalue weighted by atomic mass is 9.90. The second kappa shape index (κ2) is 6.90. The molecule has 1 N–H and O–H groups in total. The minimum atomic E-state index is -0.960.